The van der Waals surface area contributed by atoms with E-state index in [1.165, 1.54) is 0 Å². The molecule has 1 rings (SSSR count). The van der Waals surface area contributed by atoms with Crippen LogP contribution in [0.1, 0.15) is 57.3 Å². The maximum absolute atomic E-state index is 10.1. The smallest absolute Gasteiger partial charge is 0.0804 e. The van der Waals surface area contributed by atoms with E-state index in [9.17, 15) is 5.11 Å². The van der Waals surface area contributed by atoms with Gasteiger partial charge in [0, 0.05) is 5.02 Å². The Morgan fingerprint density at radius 2 is 1.94 bits per heavy atom. The van der Waals surface area contributed by atoms with Crippen molar-refractivity contribution in [1.29, 1.82) is 0 Å². The summed E-state index contributed by atoms with van der Waals surface area (Å²) in [6.45, 7) is 8.63. The van der Waals surface area contributed by atoms with Gasteiger partial charge in [0.05, 0.1) is 6.10 Å². The molecule has 0 aromatic heterocycles. The molecule has 0 radical (unpaired) electrons. The number of halogens is 1. The second-order valence-corrected chi connectivity index (χ2v) is 6.32. The summed E-state index contributed by atoms with van der Waals surface area (Å²) in [5.74, 6) is 0. The van der Waals surface area contributed by atoms with Crippen LogP contribution in [-0.4, -0.2) is 5.11 Å². The third kappa shape index (κ3) is 4.69. The van der Waals surface area contributed by atoms with Gasteiger partial charge in [-0.25, -0.2) is 0 Å². The van der Waals surface area contributed by atoms with Crippen molar-refractivity contribution in [3.05, 3.63) is 34.3 Å². The summed E-state index contributed by atoms with van der Waals surface area (Å²) in [6, 6.07) is 5.83. The zero-order valence-electron chi connectivity index (χ0n) is 11.3. The summed E-state index contributed by atoms with van der Waals surface area (Å²) >= 11 is 6.20. The van der Waals surface area contributed by atoms with Gasteiger partial charge < -0.3 is 5.11 Å². The third-order valence-electron chi connectivity index (χ3n) is 2.99. The molecule has 1 nitrogen and oxygen atoms in total. The molecule has 1 atom stereocenters. The molecule has 0 spiro atoms. The van der Waals surface area contributed by atoms with Crippen LogP contribution in [0.25, 0.3) is 0 Å². The van der Waals surface area contributed by atoms with Gasteiger partial charge in [0.25, 0.3) is 0 Å². The van der Waals surface area contributed by atoms with Crippen LogP contribution in [0.3, 0.4) is 0 Å². The molecule has 1 unspecified atom stereocenters. The summed E-state index contributed by atoms with van der Waals surface area (Å²) in [6.07, 6.45) is 2.48. The van der Waals surface area contributed by atoms with Crippen molar-refractivity contribution in [2.45, 2.75) is 53.1 Å². The van der Waals surface area contributed by atoms with E-state index in [2.05, 4.69) is 20.8 Å². The van der Waals surface area contributed by atoms with E-state index in [0.29, 0.717) is 10.4 Å². The van der Waals surface area contributed by atoms with E-state index in [1.807, 2.05) is 25.1 Å². The molecular formula is C15H23ClO. The lowest BCUT2D eigenvalue weighted by atomic mass is 9.88. The van der Waals surface area contributed by atoms with Crippen LogP contribution >= 0.6 is 11.6 Å². The van der Waals surface area contributed by atoms with Crippen LogP contribution in [0.2, 0.25) is 5.02 Å². The molecule has 0 aliphatic carbocycles. The van der Waals surface area contributed by atoms with Gasteiger partial charge in [0.15, 0.2) is 0 Å². The first-order valence-electron chi connectivity index (χ1n) is 6.24. The van der Waals surface area contributed by atoms with Crippen LogP contribution in [0, 0.1) is 12.3 Å². The van der Waals surface area contributed by atoms with Gasteiger partial charge in [-0.3, -0.25) is 0 Å². The molecule has 0 amide bonds. The van der Waals surface area contributed by atoms with Crippen molar-refractivity contribution < 1.29 is 5.11 Å². The van der Waals surface area contributed by atoms with Gasteiger partial charge in [-0.05, 0) is 36.3 Å². The summed E-state index contributed by atoms with van der Waals surface area (Å²) in [5.41, 5.74) is 2.22. The van der Waals surface area contributed by atoms with Crippen LogP contribution in [0.15, 0.2) is 18.2 Å². The molecule has 0 aliphatic rings. The number of aryl methyl sites for hydroxylation is 1. The molecule has 1 aromatic rings. The minimum Gasteiger partial charge on any atom is -0.388 e. The maximum atomic E-state index is 10.1. The van der Waals surface area contributed by atoms with E-state index in [4.69, 9.17) is 11.6 Å². The average molecular weight is 255 g/mol. The maximum Gasteiger partial charge on any atom is 0.0804 e. The molecule has 1 aromatic carbocycles. The Kier molecular flexibility index (Phi) is 5.03. The van der Waals surface area contributed by atoms with Gasteiger partial charge in [0.2, 0.25) is 0 Å². The monoisotopic (exact) mass is 254 g/mol. The molecule has 2 heteroatoms. The Bertz CT molecular complexity index is 366. The predicted octanol–water partition coefficient (Wildman–Crippen LogP) is 4.90. The van der Waals surface area contributed by atoms with E-state index in [0.717, 1.165) is 30.4 Å². The molecule has 1 N–H and O–H groups in total. The molecule has 0 saturated carbocycles. The number of hydrogen-bond donors (Lipinski definition) is 1. The molecule has 0 aliphatic heterocycles. The Morgan fingerprint density at radius 1 is 1.29 bits per heavy atom. The number of hydrogen-bond acceptors (Lipinski definition) is 1. The van der Waals surface area contributed by atoms with Gasteiger partial charge in [0.1, 0.15) is 0 Å². The Morgan fingerprint density at radius 3 is 2.53 bits per heavy atom. The van der Waals surface area contributed by atoms with Crippen molar-refractivity contribution in [3.8, 4) is 0 Å². The summed E-state index contributed by atoms with van der Waals surface area (Å²) in [7, 11) is 0. The molecule has 96 valence electrons. The summed E-state index contributed by atoms with van der Waals surface area (Å²) < 4.78 is 0. The van der Waals surface area contributed by atoms with E-state index < -0.39 is 6.10 Å². The minimum atomic E-state index is -0.440. The SMILES string of the molecule is Cc1cccc(C(O)CCCC(C)(C)C)c1Cl. The normalized spacial score (nSPS) is 13.8. The van der Waals surface area contributed by atoms with Crippen LogP contribution in [-0.2, 0) is 0 Å². The summed E-state index contributed by atoms with van der Waals surface area (Å²) in [4.78, 5) is 0. The van der Waals surface area contributed by atoms with Crippen molar-refractivity contribution in [2.24, 2.45) is 5.41 Å². The molecular weight excluding hydrogens is 232 g/mol. The second kappa shape index (κ2) is 5.88. The first-order chi connectivity index (χ1) is 7.81. The van der Waals surface area contributed by atoms with Crippen LogP contribution in [0.4, 0.5) is 0 Å². The third-order valence-corrected chi connectivity index (χ3v) is 3.50. The molecule has 0 fully saturated rings. The number of aliphatic hydroxyl groups excluding tert-OH is 1. The first kappa shape index (κ1) is 14.5. The molecule has 0 bridgehead atoms. The van der Waals surface area contributed by atoms with Crippen molar-refractivity contribution in [1.82, 2.24) is 0 Å². The minimum absolute atomic E-state index is 0.329. The zero-order chi connectivity index (χ0) is 13.1. The predicted molar refractivity (Wildman–Crippen MR) is 74.5 cm³/mol. The number of aliphatic hydroxyl groups is 1. The fourth-order valence-electron chi connectivity index (χ4n) is 1.91. The highest BCUT2D eigenvalue weighted by molar-refractivity contribution is 6.32. The lowest BCUT2D eigenvalue weighted by Gasteiger charge is -2.19. The second-order valence-electron chi connectivity index (χ2n) is 5.95. The standard InChI is InChI=1S/C15H23ClO/c1-11-7-5-8-12(14(11)16)13(17)9-6-10-15(2,3)4/h5,7-8,13,17H,6,9-10H2,1-4H3. The Hall–Kier alpha value is -0.530. The highest BCUT2D eigenvalue weighted by atomic mass is 35.5. The van der Waals surface area contributed by atoms with Crippen molar-refractivity contribution in [2.75, 3.05) is 0 Å². The molecule has 0 saturated heterocycles. The quantitative estimate of drug-likeness (QED) is 0.810. The molecule has 17 heavy (non-hydrogen) atoms. The number of benzene rings is 1. The lowest BCUT2D eigenvalue weighted by molar-refractivity contribution is 0.158. The average Bonchev–Trinajstić information content (AvgIpc) is 2.20. The zero-order valence-corrected chi connectivity index (χ0v) is 12.0. The van der Waals surface area contributed by atoms with Gasteiger partial charge >= 0.3 is 0 Å². The van der Waals surface area contributed by atoms with E-state index in [-0.39, 0.29) is 0 Å². The van der Waals surface area contributed by atoms with E-state index in [1.54, 1.807) is 0 Å². The molecule has 0 heterocycles. The summed E-state index contributed by atoms with van der Waals surface area (Å²) in [5, 5.41) is 10.8. The Balaban J connectivity index is 2.58. The fraction of sp³-hybridized carbons (Fsp3) is 0.600. The van der Waals surface area contributed by atoms with Crippen molar-refractivity contribution >= 4 is 11.6 Å². The lowest BCUT2D eigenvalue weighted by Crippen LogP contribution is -2.06. The van der Waals surface area contributed by atoms with Crippen LogP contribution in [0.5, 0.6) is 0 Å². The largest absolute Gasteiger partial charge is 0.388 e. The van der Waals surface area contributed by atoms with E-state index >= 15 is 0 Å². The van der Waals surface area contributed by atoms with Gasteiger partial charge in [-0.2, -0.15) is 0 Å². The first-order valence-corrected chi connectivity index (χ1v) is 6.62. The van der Waals surface area contributed by atoms with Gasteiger partial charge in [-0.1, -0.05) is 57.0 Å². The Labute approximate surface area is 110 Å². The topological polar surface area (TPSA) is 20.2 Å². The van der Waals surface area contributed by atoms with Gasteiger partial charge in [-0.15, -0.1) is 0 Å². The number of rotatable bonds is 4. The fourth-order valence-corrected chi connectivity index (χ4v) is 2.16. The van der Waals surface area contributed by atoms with Crippen molar-refractivity contribution in [3.63, 3.8) is 0 Å². The highest BCUT2D eigenvalue weighted by Gasteiger charge is 2.15. The highest BCUT2D eigenvalue weighted by Crippen LogP contribution is 2.30. The van der Waals surface area contributed by atoms with Crippen LogP contribution < -0.4 is 0 Å².